The number of ether oxygens (including phenoxy) is 2. The summed E-state index contributed by atoms with van der Waals surface area (Å²) >= 11 is 0. The molecule has 0 fully saturated rings. The number of phenols is 1. The van der Waals surface area contributed by atoms with Crippen LogP contribution in [0.25, 0.3) is 0 Å². The Balaban J connectivity index is 3.21. The van der Waals surface area contributed by atoms with Gasteiger partial charge in [-0.2, -0.15) is 0 Å². The van der Waals surface area contributed by atoms with E-state index in [-0.39, 0.29) is 17.1 Å². The molecule has 0 saturated heterocycles. The zero-order chi connectivity index (χ0) is 12.1. The maximum absolute atomic E-state index is 10.9. The highest BCUT2D eigenvalue weighted by Crippen LogP contribution is 2.34. The quantitative estimate of drug-likeness (QED) is 0.801. The fraction of sp³-hybridized carbons (Fsp3) is 0.364. The van der Waals surface area contributed by atoms with Crippen molar-refractivity contribution >= 4 is 5.97 Å². The lowest BCUT2D eigenvalue weighted by Gasteiger charge is -2.11. The van der Waals surface area contributed by atoms with Gasteiger partial charge in [-0.05, 0) is 19.9 Å². The van der Waals surface area contributed by atoms with Gasteiger partial charge in [0.25, 0.3) is 0 Å². The fourth-order valence-corrected chi connectivity index (χ4v) is 1.26. The first-order valence-corrected chi connectivity index (χ1v) is 4.96. The van der Waals surface area contributed by atoms with E-state index in [1.807, 2.05) is 0 Å². The van der Waals surface area contributed by atoms with Gasteiger partial charge >= 0.3 is 5.97 Å². The highest BCUT2D eigenvalue weighted by molar-refractivity contribution is 5.92. The Labute approximate surface area is 93.2 Å². The van der Waals surface area contributed by atoms with Crippen molar-refractivity contribution in [3.05, 3.63) is 17.7 Å². The summed E-state index contributed by atoms with van der Waals surface area (Å²) in [7, 11) is 0. The van der Waals surface area contributed by atoms with Crippen LogP contribution in [0, 0.1) is 0 Å². The second kappa shape index (κ2) is 5.25. The minimum absolute atomic E-state index is 0.117. The first kappa shape index (κ1) is 12.2. The van der Waals surface area contributed by atoms with Gasteiger partial charge in [0.15, 0.2) is 11.5 Å². The van der Waals surface area contributed by atoms with Crippen LogP contribution < -0.4 is 9.47 Å². The molecule has 2 N–H and O–H groups in total. The Morgan fingerprint density at radius 3 is 2.38 bits per heavy atom. The summed E-state index contributed by atoms with van der Waals surface area (Å²) in [5.74, 6) is -1.12. The van der Waals surface area contributed by atoms with Crippen molar-refractivity contribution in [3.63, 3.8) is 0 Å². The lowest BCUT2D eigenvalue weighted by molar-refractivity contribution is 0.0692. The number of carboxylic acid groups (broad SMARTS) is 1. The average Bonchev–Trinajstić information content (AvgIpc) is 2.23. The third-order valence-corrected chi connectivity index (χ3v) is 1.89. The Kier molecular flexibility index (Phi) is 3.99. The number of carboxylic acids is 1. The van der Waals surface area contributed by atoms with Crippen LogP contribution in [0.3, 0.4) is 0 Å². The largest absolute Gasteiger partial charge is 0.504 e. The number of hydrogen-bond acceptors (Lipinski definition) is 4. The zero-order valence-corrected chi connectivity index (χ0v) is 9.19. The van der Waals surface area contributed by atoms with Gasteiger partial charge in [0.2, 0.25) is 0 Å². The van der Waals surface area contributed by atoms with E-state index in [0.717, 1.165) is 0 Å². The maximum Gasteiger partial charge on any atom is 0.339 e. The molecule has 5 nitrogen and oxygen atoms in total. The minimum Gasteiger partial charge on any atom is -0.504 e. The lowest BCUT2D eigenvalue weighted by atomic mass is 10.1. The van der Waals surface area contributed by atoms with Crippen molar-refractivity contribution in [1.82, 2.24) is 0 Å². The molecule has 0 aliphatic carbocycles. The molecular formula is C11H14O5. The summed E-state index contributed by atoms with van der Waals surface area (Å²) in [6.45, 7) is 4.28. The molecular weight excluding hydrogens is 212 g/mol. The molecule has 1 aromatic carbocycles. The van der Waals surface area contributed by atoms with Gasteiger partial charge in [0.05, 0.1) is 13.2 Å². The van der Waals surface area contributed by atoms with Crippen LogP contribution >= 0.6 is 0 Å². The Bertz CT molecular complexity index is 386. The second-order valence-corrected chi connectivity index (χ2v) is 2.99. The summed E-state index contributed by atoms with van der Waals surface area (Å²) in [6, 6.07) is 2.73. The molecule has 0 unspecified atom stereocenters. The first-order chi connectivity index (χ1) is 7.60. The molecule has 16 heavy (non-hydrogen) atoms. The van der Waals surface area contributed by atoms with E-state index in [1.54, 1.807) is 13.8 Å². The van der Waals surface area contributed by atoms with E-state index < -0.39 is 5.97 Å². The monoisotopic (exact) mass is 226 g/mol. The summed E-state index contributed by atoms with van der Waals surface area (Å²) in [5, 5.41) is 18.5. The highest BCUT2D eigenvalue weighted by atomic mass is 16.5. The van der Waals surface area contributed by atoms with Crippen molar-refractivity contribution in [2.45, 2.75) is 13.8 Å². The van der Waals surface area contributed by atoms with Gasteiger partial charge in [0, 0.05) is 6.07 Å². The molecule has 0 saturated carbocycles. The predicted molar refractivity (Wildman–Crippen MR) is 57.4 cm³/mol. The zero-order valence-electron chi connectivity index (χ0n) is 9.19. The average molecular weight is 226 g/mol. The van der Waals surface area contributed by atoms with E-state index >= 15 is 0 Å². The van der Waals surface area contributed by atoms with E-state index in [2.05, 4.69) is 0 Å². The van der Waals surface area contributed by atoms with Gasteiger partial charge in [-0.1, -0.05) is 0 Å². The van der Waals surface area contributed by atoms with Crippen LogP contribution in [0.1, 0.15) is 24.2 Å². The molecule has 0 bridgehead atoms. The number of hydrogen-bond donors (Lipinski definition) is 2. The Morgan fingerprint density at radius 1 is 1.25 bits per heavy atom. The smallest absolute Gasteiger partial charge is 0.339 e. The van der Waals surface area contributed by atoms with Crippen molar-refractivity contribution < 1.29 is 24.5 Å². The minimum atomic E-state index is -1.22. The number of benzene rings is 1. The maximum atomic E-state index is 10.9. The van der Waals surface area contributed by atoms with Gasteiger partial charge in [-0.3, -0.25) is 0 Å². The summed E-state index contributed by atoms with van der Waals surface area (Å²) in [6.07, 6.45) is 0. The normalized spacial score (nSPS) is 9.88. The fourth-order valence-electron chi connectivity index (χ4n) is 1.26. The third kappa shape index (κ3) is 2.56. The molecule has 0 atom stereocenters. The van der Waals surface area contributed by atoms with E-state index in [0.29, 0.717) is 19.0 Å². The number of aromatic carboxylic acids is 1. The lowest BCUT2D eigenvalue weighted by Crippen LogP contribution is -2.02. The van der Waals surface area contributed by atoms with Gasteiger partial charge in [0.1, 0.15) is 11.3 Å². The van der Waals surface area contributed by atoms with Crippen LogP contribution in [0.15, 0.2) is 12.1 Å². The molecule has 0 heterocycles. The van der Waals surface area contributed by atoms with Crippen molar-refractivity contribution in [2.75, 3.05) is 13.2 Å². The molecule has 5 heteroatoms. The summed E-state index contributed by atoms with van der Waals surface area (Å²) in [4.78, 5) is 10.9. The van der Waals surface area contributed by atoms with Crippen molar-refractivity contribution in [1.29, 1.82) is 0 Å². The molecule has 0 amide bonds. The van der Waals surface area contributed by atoms with Crippen molar-refractivity contribution in [3.8, 4) is 17.2 Å². The van der Waals surface area contributed by atoms with Gasteiger partial charge < -0.3 is 19.7 Å². The molecule has 0 aromatic heterocycles. The van der Waals surface area contributed by atoms with Crippen LogP contribution in [0.4, 0.5) is 0 Å². The number of carbonyl (C=O) groups is 1. The Morgan fingerprint density at radius 2 is 1.88 bits per heavy atom. The van der Waals surface area contributed by atoms with E-state index in [4.69, 9.17) is 14.6 Å². The molecule has 0 spiro atoms. The molecule has 88 valence electrons. The van der Waals surface area contributed by atoms with E-state index in [9.17, 15) is 9.90 Å². The van der Waals surface area contributed by atoms with Crippen LogP contribution in [0.5, 0.6) is 17.2 Å². The number of rotatable bonds is 5. The highest BCUT2D eigenvalue weighted by Gasteiger charge is 2.16. The molecule has 0 aliphatic heterocycles. The summed E-state index contributed by atoms with van der Waals surface area (Å²) in [5.41, 5.74) is -0.227. The molecule has 1 rings (SSSR count). The van der Waals surface area contributed by atoms with Gasteiger partial charge in [-0.25, -0.2) is 4.79 Å². The predicted octanol–water partition coefficient (Wildman–Crippen LogP) is 1.89. The first-order valence-electron chi connectivity index (χ1n) is 4.96. The SMILES string of the molecule is CCOc1cc(OCC)c(O)c(C(=O)O)c1. The van der Waals surface area contributed by atoms with E-state index in [1.165, 1.54) is 12.1 Å². The van der Waals surface area contributed by atoms with Gasteiger partial charge in [-0.15, -0.1) is 0 Å². The molecule has 0 radical (unpaired) electrons. The standard InChI is InChI=1S/C11H14O5/c1-3-15-7-5-8(11(13)14)10(12)9(6-7)16-4-2/h5-6,12H,3-4H2,1-2H3,(H,13,14). The molecule has 1 aromatic rings. The summed E-state index contributed by atoms with van der Waals surface area (Å²) < 4.78 is 10.3. The third-order valence-electron chi connectivity index (χ3n) is 1.89. The topological polar surface area (TPSA) is 76.0 Å². The Hall–Kier alpha value is -1.91. The van der Waals surface area contributed by atoms with Crippen LogP contribution in [-0.2, 0) is 0 Å². The van der Waals surface area contributed by atoms with Crippen LogP contribution in [-0.4, -0.2) is 29.4 Å². The van der Waals surface area contributed by atoms with Crippen LogP contribution in [0.2, 0.25) is 0 Å². The number of aromatic hydroxyl groups is 1. The second-order valence-electron chi connectivity index (χ2n) is 2.99. The molecule has 0 aliphatic rings. The van der Waals surface area contributed by atoms with Crippen molar-refractivity contribution in [2.24, 2.45) is 0 Å².